The summed E-state index contributed by atoms with van der Waals surface area (Å²) in [7, 11) is 0. The van der Waals surface area contributed by atoms with E-state index in [0.29, 0.717) is 6.61 Å². The van der Waals surface area contributed by atoms with Crippen LogP contribution in [-0.2, 0) is 9.53 Å². The molecule has 1 fully saturated rings. The molecule has 1 aliphatic carbocycles. The molecule has 1 aliphatic rings. The number of aliphatic hydroxyl groups excluding tert-OH is 1. The zero-order valence-electron chi connectivity index (χ0n) is 9.25. The Bertz CT molecular complexity index is 211. The van der Waals surface area contributed by atoms with Crippen molar-refractivity contribution in [3.05, 3.63) is 0 Å². The lowest BCUT2D eigenvalue weighted by Crippen LogP contribution is -2.11. The maximum Gasteiger partial charge on any atom is 0.309 e. The quantitative estimate of drug-likeness (QED) is 0.541. The van der Waals surface area contributed by atoms with E-state index < -0.39 is 0 Å². The Kier molecular flexibility index (Phi) is 3.53. The first-order valence-corrected chi connectivity index (χ1v) is 5.33. The summed E-state index contributed by atoms with van der Waals surface area (Å²) >= 11 is 0. The Hall–Kier alpha value is -0.570. The van der Waals surface area contributed by atoms with Gasteiger partial charge in [-0.15, -0.1) is 0 Å². The summed E-state index contributed by atoms with van der Waals surface area (Å²) in [4.78, 5) is 11.5. The summed E-state index contributed by atoms with van der Waals surface area (Å²) in [5, 5.41) is 9.02. The minimum Gasteiger partial charge on any atom is -0.465 e. The van der Waals surface area contributed by atoms with Gasteiger partial charge in [-0.3, -0.25) is 4.79 Å². The largest absolute Gasteiger partial charge is 0.465 e. The van der Waals surface area contributed by atoms with Gasteiger partial charge in [0.05, 0.1) is 12.5 Å². The molecule has 2 atom stereocenters. The van der Waals surface area contributed by atoms with Gasteiger partial charge in [-0.2, -0.15) is 0 Å². The van der Waals surface area contributed by atoms with Crippen LogP contribution in [0.4, 0.5) is 0 Å². The number of aliphatic hydroxyl groups is 1. The van der Waals surface area contributed by atoms with Crippen LogP contribution in [0.25, 0.3) is 0 Å². The Morgan fingerprint density at radius 1 is 1.50 bits per heavy atom. The molecule has 0 aliphatic heterocycles. The molecule has 2 unspecified atom stereocenters. The van der Waals surface area contributed by atoms with Crippen molar-refractivity contribution in [3.8, 4) is 0 Å². The summed E-state index contributed by atoms with van der Waals surface area (Å²) in [6.07, 6.45) is 1.95. The third-order valence-corrected chi connectivity index (χ3v) is 3.24. The number of hydrogen-bond donors (Lipinski definition) is 1. The third-order valence-electron chi connectivity index (χ3n) is 3.24. The fraction of sp³-hybridized carbons (Fsp3) is 0.909. The zero-order valence-corrected chi connectivity index (χ0v) is 9.25. The van der Waals surface area contributed by atoms with Gasteiger partial charge in [0.15, 0.2) is 0 Å². The van der Waals surface area contributed by atoms with Gasteiger partial charge < -0.3 is 9.84 Å². The zero-order chi connectivity index (χ0) is 10.8. The maximum absolute atomic E-state index is 11.5. The highest BCUT2D eigenvalue weighted by Crippen LogP contribution is 2.58. The van der Waals surface area contributed by atoms with E-state index in [1.165, 1.54) is 0 Å². The van der Waals surface area contributed by atoms with Crippen LogP contribution in [0.5, 0.6) is 0 Å². The normalized spacial score (nSPS) is 28.6. The van der Waals surface area contributed by atoms with Crippen molar-refractivity contribution in [1.82, 2.24) is 0 Å². The molecule has 0 aromatic rings. The van der Waals surface area contributed by atoms with E-state index in [4.69, 9.17) is 9.84 Å². The molecule has 0 amide bonds. The summed E-state index contributed by atoms with van der Waals surface area (Å²) < 4.78 is 5.12. The molecule has 3 nitrogen and oxygen atoms in total. The molecule has 0 aromatic heterocycles. The molecule has 1 rings (SSSR count). The van der Waals surface area contributed by atoms with Gasteiger partial charge in [0.25, 0.3) is 0 Å². The van der Waals surface area contributed by atoms with Crippen molar-refractivity contribution in [2.45, 2.75) is 33.6 Å². The number of carbonyl (C=O) groups excluding carboxylic acids is 1. The second-order valence-corrected chi connectivity index (χ2v) is 4.61. The van der Waals surface area contributed by atoms with E-state index in [0.717, 1.165) is 12.8 Å². The lowest BCUT2D eigenvalue weighted by atomic mass is 10.1. The second kappa shape index (κ2) is 4.30. The van der Waals surface area contributed by atoms with E-state index in [9.17, 15) is 4.79 Å². The summed E-state index contributed by atoms with van der Waals surface area (Å²) in [6, 6.07) is 0. The molecular formula is C11H20O3. The molecule has 0 saturated heterocycles. The van der Waals surface area contributed by atoms with Gasteiger partial charge in [0, 0.05) is 12.5 Å². The van der Waals surface area contributed by atoms with Crippen LogP contribution in [0.3, 0.4) is 0 Å². The Morgan fingerprint density at radius 3 is 2.57 bits per heavy atom. The van der Waals surface area contributed by atoms with Crippen LogP contribution < -0.4 is 0 Å². The topological polar surface area (TPSA) is 46.5 Å². The molecule has 0 heterocycles. The molecule has 0 aromatic carbocycles. The highest BCUT2D eigenvalue weighted by Gasteiger charge is 2.62. The first-order chi connectivity index (χ1) is 6.55. The van der Waals surface area contributed by atoms with E-state index in [2.05, 4.69) is 6.92 Å². The highest BCUT2D eigenvalue weighted by molar-refractivity contribution is 5.77. The summed E-state index contributed by atoms with van der Waals surface area (Å²) in [6.45, 7) is 6.66. The number of carbonyl (C=O) groups is 1. The van der Waals surface area contributed by atoms with Gasteiger partial charge in [-0.05, 0) is 11.8 Å². The fourth-order valence-corrected chi connectivity index (χ4v) is 1.96. The van der Waals surface area contributed by atoms with Crippen molar-refractivity contribution in [3.63, 3.8) is 0 Å². The van der Waals surface area contributed by atoms with Crippen LogP contribution >= 0.6 is 0 Å². The minimum absolute atomic E-state index is 0.0714. The van der Waals surface area contributed by atoms with E-state index >= 15 is 0 Å². The molecule has 82 valence electrons. The number of unbranched alkanes of at least 4 members (excludes halogenated alkanes) is 1. The molecule has 3 heteroatoms. The Balaban J connectivity index is 2.33. The van der Waals surface area contributed by atoms with Gasteiger partial charge in [0.1, 0.15) is 0 Å². The molecule has 1 N–H and O–H groups in total. The Morgan fingerprint density at radius 2 is 2.14 bits per heavy atom. The van der Waals surface area contributed by atoms with Crippen LogP contribution in [0.1, 0.15) is 33.6 Å². The average Bonchev–Trinajstić information content (AvgIpc) is 2.68. The lowest BCUT2D eigenvalue weighted by Gasteiger charge is -2.04. The van der Waals surface area contributed by atoms with Gasteiger partial charge in [-0.1, -0.05) is 27.2 Å². The maximum atomic E-state index is 11.5. The summed E-state index contributed by atoms with van der Waals surface area (Å²) in [5.41, 5.74) is -0.0714. The lowest BCUT2D eigenvalue weighted by molar-refractivity contribution is -0.146. The predicted octanol–water partition coefficient (Wildman–Crippen LogP) is 1.59. The average molecular weight is 200 g/mol. The van der Waals surface area contributed by atoms with Crippen molar-refractivity contribution >= 4 is 5.97 Å². The van der Waals surface area contributed by atoms with Gasteiger partial charge in [0.2, 0.25) is 0 Å². The van der Waals surface area contributed by atoms with Gasteiger partial charge >= 0.3 is 5.97 Å². The van der Waals surface area contributed by atoms with Crippen LogP contribution in [-0.4, -0.2) is 24.3 Å². The number of ether oxygens (including phenoxy) is 1. The first kappa shape index (κ1) is 11.5. The van der Waals surface area contributed by atoms with Crippen molar-refractivity contribution in [1.29, 1.82) is 0 Å². The molecule has 0 spiro atoms. The van der Waals surface area contributed by atoms with Crippen LogP contribution in [0.15, 0.2) is 0 Å². The van der Waals surface area contributed by atoms with E-state index in [1.54, 1.807) is 0 Å². The number of hydrogen-bond acceptors (Lipinski definition) is 3. The third kappa shape index (κ3) is 2.08. The molecule has 1 saturated carbocycles. The van der Waals surface area contributed by atoms with E-state index in [-0.39, 0.29) is 29.8 Å². The van der Waals surface area contributed by atoms with Crippen molar-refractivity contribution in [2.75, 3.05) is 13.2 Å². The second-order valence-electron chi connectivity index (χ2n) is 4.61. The SMILES string of the molecule is CCCCOC(=O)C1C(CO)C1(C)C. The molecule has 14 heavy (non-hydrogen) atoms. The fourth-order valence-electron chi connectivity index (χ4n) is 1.96. The highest BCUT2D eigenvalue weighted by atomic mass is 16.5. The van der Waals surface area contributed by atoms with Gasteiger partial charge in [-0.25, -0.2) is 0 Å². The monoisotopic (exact) mass is 200 g/mol. The molecule has 0 radical (unpaired) electrons. The standard InChI is InChI=1S/C11H20O3/c1-4-5-6-14-10(13)9-8(7-12)11(9,2)3/h8-9,12H,4-7H2,1-3H3. The Labute approximate surface area is 85.5 Å². The van der Waals surface area contributed by atoms with E-state index in [1.807, 2.05) is 13.8 Å². The molecular weight excluding hydrogens is 180 g/mol. The predicted molar refractivity (Wildman–Crippen MR) is 53.7 cm³/mol. The minimum atomic E-state index is -0.137. The van der Waals surface area contributed by atoms with Crippen LogP contribution in [0, 0.1) is 17.3 Å². The summed E-state index contributed by atoms with van der Waals surface area (Å²) in [5.74, 6) is -0.136. The molecule has 0 bridgehead atoms. The van der Waals surface area contributed by atoms with Crippen LogP contribution in [0.2, 0.25) is 0 Å². The first-order valence-electron chi connectivity index (χ1n) is 5.33. The number of rotatable bonds is 5. The smallest absolute Gasteiger partial charge is 0.309 e. The van der Waals surface area contributed by atoms with Crippen molar-refractivity contribution < 1.29 is 14.6 Å². The number of esters is 1. The van der Waals surface area contributed by atoms with Crippen molar-refractivity contribution in [2.24, 2.45) is 17.3 Å².